The second-order valence-electron chi connectivity index (χ2n) is 8.51. The van der Waals surface area contributed by atoms with Gasteiger partial charge < -0.3 is 19.3 Å². The van der Waals surface area contributed by atoms with Crippen LogP contribution >= 0.6 is 0 Å². The van der Waals surface area contributed by atoms with E-state index < -0.39 is 0 Å². The summed E-state index contributed by atoms with van der Waals surface area (Å²) < 4.78 is 13.2. The molecule has 0 saturated carbocycles. The quantitative estimate of drug-likeness (QED) is 0.604. The van der Waals surface area contributed by atoms with Crippen LogP contribution in [0.4, 0.5) is 17.8 Å². The average molecular weight is 467 g/mol. The number of nitrogens with one attached hydrogen (secondary N) is 1. The summed E-state index contributed by atoms with van der Waals surface area (Å²) in [6.07, 6.45) is 0.391. The van der Waals surface area contributed by atoms with Crippen molar-refractivity contribution in [2.24, 2.45) is 0 Å². The normalized spacial score (nSPS) is 21.1. The minimum absolute atomic E-state index is 0.0503. The number of aromatic nitrogens is 5. The zero-order valence-electron chi connectivity index (χ0n) is 19.8. The summed E-state index contributed by atoms with van der Waals surface area (Å²) in [5, 5.41) is 2.91. The molecule has 2 unspecified atom stereocenters. The summed E-state index contributed by atoms with van der Waals surface area (Å²) in [7, 11) is 0. The number of hydrogen-bond donors (Lipinski definition) is 1. The molecular formula is C23H30N8O3. The monoisotopic (exact) mass is 466 g/mol. The van der Waals surface area contributed by atoms with Crippen LogP contribution < -0.4 is 15.1 Å². The van der Waals surface area contributed by atoms with Crippen molar-refractivity contribution in [3.05, 3.63) is 24.3 Å². The maximum absolute atomic E-state index is 12.3. The van der Waals surface area contributed by atoms with Crippen LogP contribution in [0.5, 0.6) is 0 Å². The van der Waals surface area contributed by atoms with E-state index in [9.17, 15) is 4.79 Å². The Hall–Kier alpha value is -3.31. The molecule has 11 heteroatoms. The number of amides is 1. The zero-order chi connectivity index (χ0) is 23.7. The Morgan fingerprint density at radius 2 is 1.74 bits per heavy atom. The molecule has 1 amide bonds. The molecule has 0 spiro atoms. The van der Waals surface area contributed by atoms with Gasteiger partial charge in [-0.05, 0) is 26.0 Å². The molecule has 2 aliphatic rings. The predicted octanol–water partition coefficient (Wildman–Crippen LogP) is 2.01. The maximum Gasteiger partial charge on any atom is 0.243 e. The van der Waals surface area contributed by atoms with Crippen LogP contribution in [0.2, 0.25) is 0 Å². The summed E-state index contributed by atoms with van der Waals surface area (Å²) in [5.74, 6) is 1.84. The van der Waals surface area contributed by atoms with Crippen molar-refractivity contribution in [2.45, 2.75) is 39.3 Å². The van der Waals surface area contributed by atoms with E-state index in [2.05, 4.69) is 33.9 Å². The van der Waals surface area contributed by atoms with Crippen LogP contribution in [-0.2, 0) is 14.3 Å². The maximum atomic E-state index is 12.3. The Morgan fingerprint density at radius 1 is 1.00 bits per heavy atom. The van der Waals surface area contributed by atoms with Gasteiger partial charge in [0, 0.05) is 26.1 Å². The van der Waals surface area contributed by atoms with Gasteiger partial charge in [0.05, 0.1) is 43.0 Å². The number of nitrogens with zero attached hydrogens (tertiary/aromatic N) is 7. The van der Waals surface area contributed by atoms with E-state index in [1.165, 1.54) is 0 Å². The Kier molecular flexibility index (Phi) is 6.29. The van der Waals surface area contributed by atoms with E-state index in [1.807, 2.05) is 24.3 Å². The summed E-state index contributed by atoms with van der Waals surface area (Å²) in [6, 6.07) is 7.80. The van der Waals surface area contributed by atoms with Gasteiger partial charge in [-0.25, -0.2) is 9.55 Å². The van der Waals surface area contributed by atoms with E-state index in [0.29, 0.717) is 69.7 Å². The van der Waals surface area contributed by atoms with E-state index >= 15 is 0 Å². The van der Waals surface area contributed by atoms with Crippen molar-refractivity contribution in [2.75, 3.05) is 54.6 Å². The smallest absolute Gasteiger partial charge is 0.243 e. The van der Waals surface area contributed by atoms with E-state index in [0.717, 1.165) is 11.0 Å². The largest absolute Gasteiger partial charge is 0.378 e. The fourth-order valence-corrected chi connectivity index (χ4v) is 4.22. The van der Waals surface area contributed by atoms with Gasteiger partial charge in [0.2, 0.25) is 29.7 Å². The molecule has 0 radical (unpaired) electrons. The highest BCUT2D eigenvalue weighted by molar-refractivity contribution is 5.92. The summed E-state index contributed by atoms with van der Waals surface area (Å²) in [5.41, 5.74) is 1.56. The molecule has 34 heavy (non-hydrogen) atoms. The molecule has 4 heterocycles. The van der Waals surface area contributed by atoms with Gasteiger partial charge >= 0.3 is 0 Å². The van der Waals surface area contributed by atoms with Gasteiger partial charge in [-0.1, -0.05) is 19.1 Å². The van der Waals surface area contributed by atoms with Crippen LogP contribution in [0.3, 0.4) is 0 Å². The van der Waals surface area contributed by atoms with Crippen molar-refractivity contribution < 1.29 is 14.3 Å². The number of benzene rings is 1. The first-order valence-electron chi connectivity index (χ1n) is 11.8. The Labute approximate surface area is 198 Å². The molecule has 3 aromatic rings. The van der Waals surface area contributed by atoms with Crippen molar-refractivity contribution in [1.29, 1.82) is 0 Å². The average Bonchev–Trinajstić information content (AvgIpc) is 3.23. The number of carbonyl (C=O) groups excluding carboxylic acids is 1. The van der Waals surface area contributed by atoms with E-state index in [4.69, 9.17) is 24.4 Å². The number of fused-ring (bicyclic) bond motifs is 1. The first-order chi connectivity index (χ1) is 16.5. The molecule has 11 nitrogen and oxygen atoms in total. The number of carbonyl (C=O) groups is 1. The van der Waals surface area contributed by atoms with Gasteiger partial charge in [-0.15, -0.1) is 0 Å². The summed E-state index contributed by atoms with van der Waals surface area (Å²) in [6.45, 7) is 9.89. The van der Waals surface area contributed by atoms with E-state index in [-0.39, 0.29) is 18.1 Å². The zero-order valence-corrected chi connectivity index (χ0v) is 19.8. The first-order valence-corrected chi connectivity index (χ1v) is 11.8. The second-order valence-corrected chi connectivity index (χ2v) is 8.51. The molecule has 180 valence electrons. The third kappa shape index (κ3) is 4.28. The minimum atomic E-state index is -0.130. The Morgan fingerprint density at radius 3 is 2.53 bits per heavy atom. The van der Waals surface area contributed by atoms with Crippen molar-refractivity contribution in [3.63, 3.8) is 0 Å². The SMILES string of the molecule is CCC(=O)Nc1nc2ccccc2n1-c1nc(N2CCOCC2)nc(N2CCOC(C)C2C)n1. The van der Waals surface area contributed by atoms with Gasteiger partial charge in [0.25, 0.3) is 0 Å². The van der Waals surface area contributed by atoms with Gasteiger partial charge in [-0.3, -0.25) is 10.1 Å². The highest BCUT2D eigenvalue weighted by Gasteiger charge is 2.30. The minimum Gasteiger partial charge on any atom is -0.378 e. The highest BCUT2D eigenvalue weighted by Crippen LogP contribution is 2.27. The Balaban J connectivity index is 1.67. The highest BCUT2D eigenvalue weighted by atomic mass is 16.5. The molecule has 1 aromatic carbocycles. The predicted molar refractivity (Wildman–Crippen MR) is 129 cm³/mol. The van der Waals surface area contributed by atoms with Crippen LogP contribution in [-0.4, -0.2) is 82.0 Å². The third-order valence-corrected chi connectivity index (χ3v) is 6.37. The number of ether oxygens (including phenoxy) is 2. The third-order valence-electron chi connectivity index (χ3n) is 6.37. The van der Waals surface area contributed by atoms with Crippen molar-refractivity contribution >= 4 is 34.8 Å². The summed E-state index contributed by atoms with van der Waals surface area (Å²) in [4.78, 5) is 35.8. The van der Waals surface area contributed by atoms with Crippen LogP contribution in [0.1, 0.15) is 27.2 Å². The lowest BCUT2D eigenvalue weighted by molar-refractivity contribution is -0.115. The first kappa shape index (κ1) is 22.5. The number of para-hydroxylation sites is 2. The number of anilines is 3. The fraction of sp³-hybridized carbons (Fsp3) is 0.522. The van der Waals surface area contributed by atoms with Crippen LogP contribution in [0, 0.1) is 0 Å². The fourth-order valence-electron chi connectivity index (χ4n) is 4.22. The Bertz CT molecular complexity index is 1180. The lowest BCUT2D eigenvalue weighted by Crippen LogP contribution is -2.49. The lowest BCUT2D eigenvalue weighted by Gasteiger charge is -2.38. The topological polar surface area (TPSA) is 111 Å². The van der Waals surface area contributed by atoms with E-state index in [1.54, 1.807) is 11.5 Å². The standard InChI is InChI=1S/C23H30N8O3/c1-4-19(32)25-22-24-17-7-5-6-8-18(17)31(22)23-27-20(29-9-12-33-13-10-29)26-21(28-23)30-11-14-34-16(3)15(30)2/h5-8,15-16H,4,9-14H2,1-3H3,(H,24,25,32). The molecule has 2 saturated heterocycles. The van der Waals surface area contributed by atoms with Gasteiger partial charge in [-0.2, -0.15) is 15.0 Å². The van der Waals surface area contributed by atoms with Gasteiger partial charge in [0.1, 0.15) is 0 Å². The molecule has 1 N–H and O–H groups in total. The molecule has 2 fully saturated rings. The number of imidazole rings is 1. The molecule has 0 bridgehead atoms. The lowest BCUT2D eigenvalue weighted by atomic mass is 10.1. The molecule has 2 aliphatic heterocycles. The van der Waals surface area contributed by atoms with Crippen molar-refractivity contribution in [1.82, 2.24) is 24.5 Å². The molecular weight excluding hydrogens is 436 g/mol. The van der Waals surface area contributed by atoms with Crippen LogP contribution in [0.15, 0.2) is 24.3 Å². The number of rotatable bonds is 5. The number of hydrogen-bond acceptors (Lipinski definition) is 9. The molecule has 2 atom stereocenters. The molecule has 2 aromatic heterocycles. The van der Waals surface area contributed by atoms with Crippen molar-refractivity contribution in [3.8, 4) is 5.95 Å². The molecule has 5 rings (SSSR count). The van der Waals surface area contributed by atoms with Gasteiger partial charge in [0.15, 0.2) is 0 Å². The molecule has 0 aliphatic carbocycles. The number of morpholine rings is 2. The summed E-state index contributed by atoms with van der Waals surface area (Å²) >= 11 is 0. The van der Waals surface area contributed by atoms with Crippen LogP contribution in [0.25, 0.3) is 17.0 Å². The second kappa shape index (κ2) is 9.51.